The summed E-state index contributed by atoms with van der Waals surface area (Å²) in [6, 6.07) is 9.05. The summed E-state index contributed by atoms with van der Waals surface area (Å²) >= 11 is 1.53. The first kappa shape index (κ1) is 20.2. The largest absolute Gasteiger partial charge is 0.383 e. The maximum Gasteiger partial charge on any atom is 0.250 e. The van der Waals surface area contributed by atoms with Crippen molar-refractivity contribution in [2.75, 3.05) is 19.6 Å². The van der Waals surface area contributed by atoms with Gasteiger partial charge in [0, 0.05) is 36.8 Å². The molecule has 2 rings (SSSR count). The third kappa shape index (κ3) is 6.31. The van der Waals surface area contributed by atoms with Crippen molar-refractivity contribution in [1.82, 2.24) is 15.2 Å². The highest BCUT2D eigenvalue weighted by Crippen LogP contribution is 2.25. The molecule has 0 radical (unpaired) electrons. The number of guanidine groups is 1. The van der Waals surface area contributed by atoms with Crippen LogP contribution in [0.5, 0.6) is 0 Å². The standard InChI is InChI=1S/C19H28N4O2S/c1-3-20-18(22-15-19(2,25)16-9-8-14-26-16)21-11-5-7-13-23-12-6-4-10-17(23)24/h4,6,8-10,12,14,25H,3,5,7,11,13,15H2,1-2H3,(H2,20,21,22). The molecule has 1 unspecified atom stereocenters. The molecule has 3 N–H and O–H groups in total. The van der Waals surface area contributed by atoms with E-state index in [-0.39, 0.29) is 5.56 Å². The van der Waals surface area contributed by atoms with E-state index in [4.69, 9.17) is 0 Å². The minimum absolute atomic E-state index is 0.0335. The van der Waals surface area contributed by atoms with Gasteiger partial charge in [0.25, 0.3) is 0 Å². The molecule has 2 aromatic heterocycles. The molecule has 0 saturated carbocycles. The van der Waals surface area contributed by atoms with Gasteiger partial charge in [0.15, 0.2) is 5.96 Å². The van der Waals surface area contributed by atoms with Crippen molar-refractivity contribution in [2.45, 2.75) is 38.8 Å². The van der Waals surface area contributed by atoms with Crippen LogP contribution in [0.3, 0.4) is 0 Å². The molecule has 0 amide bonds. The van der Waals surface area contributed by atoms with E-state index >= 15 is 0 Å². The summed E-state index contributed by atoms with van der Waals surface area (Å²) in [6.45, 7) is 6.31. The summed E-state index contributed by atoms with van der Waals surface area (Å²) < 4.78 is 1.72. The van der Waals surface area contributed by atoms with Crippen LogP contribution in [0.25, 0.3) is 0 Å². The van der Waals surface area contributed by atoms with Gasteiger partial charge in [-0.05, 0) is 44.2 Å². The van der Waals surface area contributed by atoms with Crippen molar-refractivity contribution in [3.05, 3.63) is 57.1 Å². The van der Waals surface area contributed by atoms with Crippen molar-refractivity contribution < 1.29 is 5.11 Å². The van der Waals surface area contributed by atoms with E-state index in [2.05, 4.69) is 15.6 Å². The van der Waals surface area contributed by atoms with Crippen molar-refractivity contribution in [1.29, 1.82) is 0 Å². The van der Waals surface area contributed by atoms with Gasteiger partial charge >= 0.3 is 0 Å². The van der Waals surface area contributed by atoms with Gasteiger partial charge in [-0.15, -0.1) is 11.3 Å². The summed E-state index contributed by atoms with van der Waals surface area (Å²) in [5.41, 5.74) is -0.934. The second-order valence-electron chi connectivity index (χ2n) is 6.31. The fraction of sp³-hybridized carbons (Fsp3) is 0.474. The minimum Gasteiger partial charge on any atom is -0.383 e. The Balaban J connectivity index is 1.78. The normalized spacial score (nSPS) is 14.0. The lowest BCUT2D eigenvalue weighted by atomic mass is 10.1. The van der Waals surface area contributed by atoms with Crippen LogP contribution in [0.4, 0.5) is 0 Å². The smallest absolute Gasteiger partial charge is 0.250 e. The van der Waals surface area contributed by atoms with Crippen LogP contribution < -0.4 is 16.2 Å². The van der Waals surface area contributed by atoms with E-state index in [0.717, 1.165) is 30.8 Å². The zero-order chi connectivity index (χ0) is 18.8. The summed E-state index contributed by atoms with van der Waals surface area (Å²) in [5, 5.41) is 19.0. The van der Waals surface area contributed by atoms with E-state index in [9.17, 15) is 9.90 Å². The number of aromatic nitrogens is 1. The highest BCUT2D eigenvalue weighted by Gasteiger charge is 2.23. The van der Waals surface area contributed by atoms with Crippen LogP contribution in [-0.4, -0.2) is 35.3 Å². The third-order valence-electron chi connectivity index (χ3n) is 3.96. The van der Waals surface area contributed by atoms with Gasteiger partial charge in [-0.3, -0.25) is 4.79 Å². The van der Waals surface area contributed by atoms with Crippen LogP contribution in [-0.2, 0) is 12.1 Å². The van der Waals surface area contributed by atoms with Gasteiger partial charge in [-0.2, -0.15) is 0 Å². The average molecular weight is 377 g/mol. The summed E-state index contributed by atoms with van der Waals surface area (Å²) in [6.07, 6.45) is 3.64. The molecule has 2 aromatic rings. The van der Waals surface area contributed by atoms with E-state index < -0.39 is 5.60 Å². The summed E-state index contributed by atoms with van der Waals surface area (Å²) in [4.78, 5) is 17.1. The fourth-order valence-electron chi connectivity index (χ4n) is 2.50. The maximum absolute atomic E-state index is 11.6. The molecule has 0 aromatic carbocycles. The highest BCUT2D eigenvalue weighted by molar-refractivity contribution is 7.10. The van der Waals surface area contributed by atoms with Gasteiger partial charge in [0.2, 0.25) is 5.56 Å². The summed E-state index contributed by atoms with van der Waals surface area (Å²) in [5.74, 6) is 0.696. The lowest BCUT2D eigenvalue weighted by molar-refractivity contribution is 0.0711. The Kier molecular flexibility index (Phi) is 7.87. The topological polar surface area (TPSA) is 78.7 Å². The van der Waals surface area contributed by atoms with E-state index in [1.165, 1.54) is 11.3 Å². The number of unbranched alkanes of at least 4 members (excludes halogenated alkanes) is 1. The van der Waals surface area contributed by atoms with Crippen LogP contribution in [0.15, 0.2) is 51.7 Å². The molecule has 0 fully saturated rings. The first-order valence-electron chi connectivity index (χ1n) is 8.97. The number of hydrogen-bond acceptors (Lipinski definition) is 4. The molecule has 0 aliphatic heterocycles. The van der Waals surface area contributed by atoms with Crippen LogP contribution >= 0.6 is 11.3 Å². The number of aliphatic hydroxyl groups is 1. The quantitative estimate of drug-likeness (QED) is 0.356. The number of aliphatic imine (C=N–C) groups is 1. The van der Waals surface area contributed by atoms with Gasteiger partial charge in [-0.1, -0.05) is 12.1 Å². The van der Waals surface area contributed by atoms with Crippen molar-refractivity contribution in [3.63, 3.8) is 0 Å². The van der Waals surface area contributed by atoms with E-state index in [0.29, 0.717) is 19.0 Å². The molecule has 0 aliphatic carbocycles. The number of hydrogen-bond donors (Lipinski definition) is 3. The van der Waals surface area contributed by atoms with Crippen LogP contribution in [0.1, 0.15) is 31.6 Å². The second-order valence-corrected chi connectivity index (χ2v) is 7.26. The second kappa shape index (κ2) is 10.1. The lowest BCUT2D eigenvalue weighted by Crippen LogP contribution is -2.39. The first-order chi connectivity index (χ1) is 12.5. The number of aryl methyl sites for hydroxylation is 1. The monoisotopic (exact) mass is 376 g/mol. The predicted molar refractivity (Wildman–Crippen MR) is 108 cm³/mol. The zero-order valence-corrected chi connectivity index (χ0v) is 16.3. The van der Waals surface area contributed by atoms with E-state index in [1.54, 1.807) is 23.6 Å². The molecule has 26 heavy (non-hydrogen) atoms. The Morgan fingerprint density at radius 2 is 2.12 bits per heavy atom. The van der Waals surface area contributed by atoms with Gasteiger partial charge in [0.1, 0.15) is 5.60 Å². The van der Waals surface area contributed by atoms with E-state index in [1.807, 2.05) is 36.7 Å². The van der Waals surface area contributed by atoms with Crippen molar-refractivity contribution >= 4 is 17.3 Å². The number of rotatable bonds is 9. The SMILES string of the molecule is CCNC(=NCC(C)(O)c1cccs1)NCCCCn1ccccc1=O. The lowest BCUT2D eigenvalue weighted by Gasteiger charge is -2.20. The molecule has 0 bridgehead atoms. The fourth-order valence-corrected chi connectivity index (χ4v) is 3.28. The zero-order valence-electron chi connectivity index (χ0n) is 15.4. The van der Waals surface area contributed by atoms with Gasteiger partial charge in [0.05, 0.1) is 6.54 Å². The maximum atomic E-state index is 11.6. The number of nitrogens with zero attached hydrogens (tertiary/aromatic N) is 2. The molecule has 0 saturated heterocycles. The molecular weight excluding hydrogens is 348 g/mol. The van der Waals surface area contributed by atoms with Gasteiger partial charge < -0.3 is 20.3 Å². The highest BCUT2D eigenvalue weighted by atomic mass is 32.1. The van der Waals surface area contributed by atoms with Crippen LogP contribution in [0.2, 0.25) is 0 Å². The predicted octanol–water partition coefficient (Wildman–Crippen LogP) is 2.15. The Labute approximate surface area is 158 Å². The summed E-state index contributed by atoms with van der Waals surface area (Å²) in [7, 11) is 0. The third-order valence-corrected chi connectivity index (χ3v) is 5.08. The molecule has 6 nitrogen and oxygen atoms in total. The molecule has 0 spiro atoms. The first-order valence-corrected chi connectivity index (χ1v) is 9.85. The molecule has 1 atom stereocenters. The Hall–Kier alpha value is -2.12. The number of thiophene rings is 1. The Morgan fingerprint density at radius 1 is 1.27 bits per heavy atom. The average Bonchev–Trinajstić information content (AvgIpc) is 3.16. The van der Waals surface area contributed by atoms with Crippen molar-refractivity contribution in [2.24, 2.45) is 4.99 Å². The molecule has 7 heteroatoms. The number of pyridine rings is 1. The Bertz CT molecular complexity index is 738. The Morgan fingerprint density at radius 3 is 2.81 bits per heavy atom. The van der Waals surface area contributed by atoms with Crippen LogP contribution in [0, 0.1) is 0 Å². The molecular formula is C19H28N4O2S. The number of nitrogens with one attached hydrogen (secondary N) is 2. The molecule has 2 heterocycles. The van der Waals surface area contributed by atoms with Gasteiger partial charge in [-0.25, -0.2) is 4.99 Å². The molecule has 0 aliphatic rings. The van der Waals surface area contributed by atoms with Crippen molar-refractivity contribution in [3.8, 4) is 0 Å². The molecule has 142 valence electrons. The minimum atomic E-state index is -0.967.